The van der Waals surface area contributed by atoms with Crippen LogP contribution in [0.2, 0.25) is 5.02 Å². The van der Waals surface area contributed by atoms with Crippen molar-refractivity contribution in [2.75, 3.05) is 5.32 Å². The molecule has 0 spiro atoms. The van der Waals surface area contributed by atoms with Gasteiger partial charge in [0, 0.05) is 0 Å². The van der Waals surface area contributed by atoms with Crippen LogP contribution in [0.1, 0.15) is 20.8 Å². The number of rotatable bonds is 2. The number of nitrogens with one attached hydrogen (secondary N) is 1. The van der Waals surface area contributed by atoms with Crippen LogP contribution >= 0.6 is 38.9 Å². The van der Waals surface area contributed by atoms with Crippen LogP contribution in [0.15, 0.2) is 28.1 Å². The van der Waals surface area contributed by atoms with Crippen molar-refractivity contribution in [1.82, 2.24) is 0 Å². The van der Waals surface area contributed by atoms with E-state index < -0.39 is 0 Å². The molecule has 3 nitrogen and oxygen atoms in total. The van der Waals surface area contributed by atoms with Crippen LogP contribution < -0.4 is 5.32 Å². The van der Waals surface area contributed by atoms with Crippen LogP contribution in [-0.4, -0.2) is 5.91 Å². The Hall–Kier alpha value is -1.35. The molecule has 2 rings (SSSR count). The average molecular weight is 356 g/mol. The lowest BCUT2D eigenvalue weighted by Gasteiger charge is -2.06. The smallest absolute Gasteiger partial charge is 0.265 e. The van der Waals surface area contributed by atoms with Crippen LogP contribution in [0.3, 0.4) is 0 Å². The molecule has 1 aromatic heterocycles. The number of hydrogen-bond donors (Lipinski definition) is 1. The summed E-state index contributed by atoms with van der Waals surface area (Å²) in [4.78, 5) is 12.7. The van der Waals surface area contributed by atoms with Gasteiger partial charge in [0.1, 0.15) is 0 Å². The van der Waals surface area contributed by atoms with Gasteiger partial charge in [-0.25, -0.2) is 0 Å². The van der Waals surface area contributed by atoms with E-state index in [4.69, 9.17) is 16.9 Å². The second kappa shape index (κ2) is 5.74. The number of carbonyl (C=O) groups is 1. The van der Waals surface area contributed by atoms with Gasteiger partial charge < -0.3 is 5.32 Å². The van der Waals surface area contributed by atoms with Gasteiger partial charge in [0.2, 0.25) is 0 Å². The summed E-state index contributed by atoms with van der Waals surface area (Å²) in [6, 6.07) is 8.54. The third-order valence-corrected chi connectivity index (χ3v) is 4.89. The number of hydrogen-bond acceptors (Lipinski definition) is 3. The Labute approximate surface area is 127 Å². The van der Waals surface area contributed by atoms with Crippen LogP contribution in [0.5, 0.6) is 0 Å². The minimum atomic E-state index is -0.240. The fourth-order valence-electron chi connectivity index (χ4n) is 1.45. The monoisotopic (exact) mass is 354 g/mol. The summed E-state index contributed by atoms with van der Waals surface area (Å²) >= 11 is 10.7. The number of aryl methyl sites for hydroxylation is 1. The van der Waals surface area contributed by atoms with Crippen molar-refractivity contribution < 1.29 is 4.79 Å². The molecule has 96 valence electrons. The lowest BCUT2D eigenvalue weighted by atomic mass is 10.2. The van der Waals surface area contributed by atoms with E-state index in [9.17, 15) is 4.79 Å². The first kappa shape index (κ1) is 14.1. The van der Waals surface area contributed by atoms with Gasteiger partial charge in [0.25, 0.3) is 5.91 Å². The van der Waals surface area contributed by atoms with Crippen LogP contribution in [-0.2, 0) is 0 Å². The zero-order valence-electron chi connectivity index (χ0n) is 9.83. The van der Waals surface area contributed by atoms with E-state index in [0.29, 0.717) is 21.2 Å². The van der Waals surface area contributed by atoms with E-state index in [1.54, 1.807) is 24.3 Å². The van der Waals surface area contributed by atoms with Gasteiger partial charge in [-0.05, 0) is 52.7 Å². The topological polar surface area (TPSA) is 52.9 Å². The third kappa shape index (κ3) is 3.16. The highest BCUT2D eigenvalue weighted by Gasteiger charge is 2.13. The molecule has 1 amide bonds. The second-order valence-electron chi connectivity index (χ2n) is 3.83. The largest absolute Gasteiger partial charge is 0.320 e. The van der Waals surface area contributed by atoms with Crippen molar-refractivity contribution >= 4 is 50.5 Å². The van der Waals surface area contributed by atoms with E-state index in [-0.39, 0.29) is 5.91 Å². The Balaban J connectivity index is 2.26. The molecule has 0 radical (unpaired) electrons. The van der Waals surface area contributed by atoms with Gasteiger partial charge in [-0.15, -0.1) is 11.3 Å². The average Bonchev–Trinajstić information content (AvgIpc) is 2.72. The zero-order chi connectivity index (χ0) is 14.0. The summed E-state index contributed by atoms with van der Waals surface area (Å²) in [5.74, 6) is -0.240. The fraction of sp³-hybridized carbons (Fsp3) is 0.0769. The SMILES string of the molecule is Cc1cc(C(=O)Nc2cc(C#N)ccc2Cl)sc1Br. The lowest BCUT2D eigenvalue weighted by Crippen LogP contribution is -2.10. The Morgan fingerprint density at radius 3 is 2.79 bits per heavy atom. The number of carbonyl (C=O) groups excluding carboxylic acids is 1. The van der Waals surface area contributed by atoms with Gasteiger partial charge in [-0.3, -0.25) is 4.79 Å². The summed E-state index contributed by atoms with van der Waals surface area (Å²) in [5, 5.41) is 11.9. The van der Waals surface area contributed by atoms with Gasteiger partial charge in [0.05, 0.1) is 31.0 Å². The molecule has 0 aliphatic carbocycles. The molecule has 1 N–H and O–H groups in total. The van der Waals surface area contributed by atoms with Gasteiger partial charge in [0.15, 0.2) is 0 Å². The number of nitriles is 1. The molecule has 0 unspecified atom stereocenters. The molecule has 0 saturated heterocycles. The quantitative estimate of drug-likeness (QED) is 0.856. The summed E-state index contributed by atoms with van der Waals surface area (Å²) < 4.78 is 0.925. The van der Waals surface area contributed by atoms with Crippen LogP contribution in [0, 0.1) is 18.3 Å². The van der Waals surface area contributed by atoms with Crippen molar-refractivity contribution in [2.24, 2.45) is 0 Å². The van der Waals surface area contributed by atoms with Crippen molar-refractivity contribution in [2.45, 2.75) is 6.92 Å². The number of benzene rings is 1. The van der Waals surface area contributed by atoms with E-state index in [1.807, 2.05) is 13.0 Å². The molecule has 0 aliphatic heterocycles. The molecule has 19 heavy (non-hydrogen) atoms. The normalized spacial score (nSPS) is 10.0. The molecular weight excluding hydrogens is 348 g/mol. The molecule has 1 heterocycles. The number of anilines is 1. The minimum Gasteiger partial charge on any atom is -0.320 e. The molecule has 6 heteroatoms. The van der Waals surface area contributed by atoms with E-state index >= 15 is 0 Å². The fourth-order valence-corrected chi connectivity index (χ4v) is 3.04. The highest BCUT2D eigenvalue weighted by atomic mass is 79.9. The van der Waals surface area contributed by atoms with Crippen LogP contribution in [0.4, 0.5) is 5.69 Å². The third-order valence-electron chi connectivity index (χ3n) is 2.42. The van der Waals surface area contributed by atoms with E-state index in [1.165, 1.54) is 11.3 Å². The Bertz CT molecular complexity index is 671. The molecule has 0 bridgehead atoms. The first-order valence-electron chi connectivity index (χ1n) is 5.28. The predicted octanol–water partition coefficient (Wildman–Crippen LogP) is 4.60. The number of amides is 1. The molecule has 2 aromatic rings. The predicted molar refractivity (Wildman–Crippen MR) is 80.9 cm³/mol. The molecule has 0 fully saturated rings. The summed E-state index contributed by atoms with van der Waals surface area (Å²) in [6.45, 7) is 1.92. The first-order chi connectivity index (χ1) is 9.01. The Kier molecular flexibility index (Phi) is 4.25. The highest BCUT2D eigenvalue weighted by Crippen LogP contribution is 2.29. The molecular formula is C13H8BrClN2OS. The highest BCUT2D eigenvalue weighted by molar-refractivity contribution is 9.11. The standard InChI is InChI=1S/C13H8BrClN2OS/c1-7-4-11(19-12(7)14)13(18)17-10-5-8(6-16)2-3-9(10)15/h2-5H,1H3,(H,17,18). The molecule has 0 atom stereocenters. The number of halogens is 2. The lowest BCUT2D eigenvalue weighted by molar-refractivity contribution is 0.103. The molecule has 0 saturated carbocycles. The minimum absolute atomic E-state index is 0.240. The summed E-state index contributed by atoms with van der Waals surface area (Å²) in [7, 11) is 0. The number of nitrogens with zero attached hydrogens (tertiary/aromatic N) is 1. The Morgan fingerprint density at radius 1 is 1.47 bits per heavy atom. The summed E-state index contributed by atoms with van der Waals surface area (Å²) in [5.41, 5.74) is 1.89. The molecule has 1 aromatic carbocycles. The van der Waals surface area contributed by atoms with Crippen molar-refractivity contribution in [3.8, 4) is 6.07 Å². The van der Waals surface area contributed by atoms with Gasteiger partial charge >= 0.3 is 0 Å². The zero-order valence-corrected chi connectivity index (χ0v) is 13.0. The maximum atomic E-state index is 12.1. The first-order valence-corrected chi connectivity index (χ1v) is 7.27. The second-order valence-corrected chi connectivity index (χ2v) is 6.61. The van der Waals surface area contributed by atoms with E-state index in [0.717, 1.165) is 9.35 Å². The maximum Gasteiger partial charge on any atom is 0.265 e. The summed E-state index contributed by atoms with van der Waals surface area (Å²) in [6.07, 6.45) is 0. The van der Waals surface area contributed by atoms with Crippen molar-refractivity contribution in [1.29, 1.82) is 5.26 Å². The van der Waals surface area contributed by atoms with E-state index in [2.05, 4.69) is 21.2 Å². The van der Waals surface area contributed by atoms with Crippen molar-refractivity contribution in [3.63, 3.8) is 0 Å². The van der Waals surface area contributed by atoms with Gasteiger partial charge in [-0.1, -0.05) is 11.6 Å². The molecule has 0 aliphatic rings. The number of thiophene rings is 1. The van der Waals surface area contributed by atoms with Crippen LogP contribution in [0.25, 0.3) is 0 Å². The Morgan fingerprint density at radius 2 is 2.21 bits per heavy atom. The van der Waals surface area contributed by atoms with Gasteiger partial charge in [-0.2, -0.15) is 5.26 Å². The maximum absolute atomic E-state index is 12.1. The van der Waals surface area contributed by atoms with Crippen molar-refractivity contribution in [3.05, 3.63) is 49.1 Å².